The van der Waals surface area contributed by atoms with Gasteiger partial charge in [-0.1, -0.05) is 6.42 Å². The maximum atomic E-state index is 12.6. The molecule has 6 heteroatoms. The second-order valence-corrected chi connectivity index (χ2v) is 6.42. The molecule has 21 heavy (non-hydrogen) atoms. The number of likely N-dealkylation sites (tertiary alicyclic amines) is 1. The fourth-order valence-electron chi connectivity index (χ4n) is 3.81. The largest absolute Gasteiger partial charge is 0.481 e. The smallest absolute Gasteiger partial charge is 0.307 e. The molecule has 0 radical (unpaired) electrons. The molecule has 4 rings (SSSR count). The van der Waals surface area contributed by atoms with Gasteiger partial charge in [0.2, 0.25) is 0 Å². The summed E-state index contributed by atoms with van der Waals surface area (Å²) in [5, 5.41) is 9.12. The molecular weight excluding hydrogens is 272 g/mol. The molecule has 0 spiro atoms. The highest BCUT2D eigenvalue weighted by Gasteiger charge is 2.57. The zero-order chi connectivity index (χ0) is 14.6. The molecule has 1 aromatic rings. The van der Waals surface area contributed by atoms with E-state index < -0.39 is 5.97 Å². The van der Waals surface area contributed by atoms with Gasteiger partial charge in [0.05, 0.1) is 5.92 Å². The van der Waals surface area contributed by atoms with Crippen LogP contribution in [0.5, 0.6) is 0 Å². The van der Waals surface area contributed by atoms with E-state index in [1.165, 1.54) is 12.8 Å². The standard InChI is InChI=1S/C15H18N2O4/c18-14(12-13(21-7-16-12)8-2-1-3-8)17-5-4-9-10(6-17)11(9)15(19)20/h7-11H,1-6H2,(H,19,20)/t9-,10+,11-/m1/s1. The molecule has 0 unspecified atom stereocenters. The molecule has 2 aliphatic carbocycles. The van der Waals surface area contributed by atoms with Gasteiger partial charge in [-0.25, -0.2) is 4.98 Å². The number of aromatic nitrogens is 1. The van der Waals surface area contributed by atoms with E-state index in [9.17, 15) is 9.59 Å². The Labute approximate surface area is 122 Å². The highest BCUT2D eigenvalue weighted by Crippen LogP contribution is 2.51. The molecule has 1 aromatic heterocycles. The van der Waals surface area contributed by atoms with Crippen molar-refractivity contribution in [2.75, 3.05) is 13.1 Å². The van der Waals surface area contributed by atoms with E-state index >= 15 is 0 Å². The molecule has 112 valence electrons. The van der Waals surface area contributed by atoms with Gasteiger partial charge in [-0.2, -0.15) is 0 Å². The maximum absolute atomic E-state index is 12.6. The first-order valence-corrected chi connectivity index (χ1v) is 7.62. The van der Waals surface area contributed by atoms with Crippen molar-refractivity contribution in [1.82, 2.24) is 9.88 Å². The molecule has 0 bridgehead atoms. The number of hydrogen-bond acceptors (Lipinski definition) is 4. The summed E-state index contributed by atoms with van der Waals surface area (Å²) in [6.07, 6.45) is 5.42. The monoisotopic (exact) mass is 290 g/mol. The number of piperidine rings is 1. The third-order valence-electron chi connectivity index (χ3n) is 5.34. The highest BCUT2D eigenvalue weighted by atomic mass is 16.4. The van der Waals surface area contributed by atoms with Crippen LogP contribution in [0.1, 0.15) is 47.8 Å². The number of carbonyl (C=O) groups is 2. The highest BCUT2D eigenvalue weighted by molar-refractivity contribution is 5.93. The molecule has 3 aliphatic rings. The average molecular weight is 290 g/mol. The molecule has 1 amide bonds. The zero-order valence-corrected chi connectivity index (χ0v) is 11.7. The summed E-state index contributed by atoms with van der Waals surface area (Å²) in [6.45, 7) is 1.16. The molecule has 3 fully saturated rings. The molecule has 0 aromatic carbocycles. The molecule has 6 nitrogen and oxygen atoms in total. The topological polar surface area (TPSA) is 83.6 Å². The van der Waals surface area contributed by atoms with E-state index in [0.29, 0.717) is 24.7 Å². The van der Waals surface area contributed by atoms with E-state index in [-0.39, 0.29) is 23.7 Å². The third kappa shape index (κ3) is 1.96. The summed E-state index contributed by atoms with van der Waals surface area (Å²) >= 11 is 0. The minimum atomic E-state index is -0.726. The lowest BCUT2D eigenvalue weighted by Gasteiger charge is -2.27. The van der Waals surface area contributed by atoms with Crippen LogP contribution in [0.15, 0.2) is 10.8 Å². The van der Waals surface area contributed by atoms with Gasteiger partial charge < -0.3 is 14.4 Å². The minimum absolute atomic E-state index is 0.0971. The first-order chi connectivity index (χ1) is 10.2. The number of rotatable bonds is 3. The van der Waals surface area contributed by atoms with Crippen molar-refractivity contribution < 1.29 is 19.1 Å². The van der Waals surface area contributed by atoms with Gasteiger partial charge in [0.1, 0.15) is 5.76 Å². The van der Waals surface area contributed by atoms with E-state index in [1.54, 1.807) is 4.90 Å². The summed E-state index contributed by atoms with van der Waals surface area (Å²) in [7, 11) is 0. The Morgan fingerprint density at radius 1 is 1.29 bits per heavy atom. The van der Waals surface area contributed by atoms with Crippen LogP contribution in [-0.4, -0.2) is 40.0 Å². The molecule has 1 saturated heterocycles. The maximum Gasteiger partial charge on any atom is 0.307 e. The summed E-state index contributed by atoms with van der Waals surface area (Å²) in [5.41, 5.74) is 0.436. The Bertz CT molecular complexity index is 592. The minimum Gasteiger partial charge on any atom is -0.481 e. The Morgan fingerprint density at radius 2 is 2.10 bits per heavy atom. The normalized spacial score (nSPS) is 31.4. The summed E-state index contributed by atoms with van der Waals surface area (Å²) in [6, 6.07) is 0. The molecule has 2 heterocycles. The molecule has 1 aliphatic heterocycles. The fraction of sp³-hybridized carbons (Fsp3) is 0.667. The van der Waals surface area contributed by atoms with E-state index in [0.717, 1.165) is 25.0 Å². The number of amides is 1. The van der Waals surface area contributed by atoms with Crippen molar-refractivity contribution >= 4 is 11.9 Å². The van der Waals surface area contributed by atoms with Gasteiger partial charge >= 0.3 is 5.97 Å². The number of carbonyl (C=O) groups excluding carboxylic acids is 1. The average Bonchev–Trinajstić information content (AvgIpc) is 2.95. The Balaban J connectivity index is 1.48. The fourth-order valence-corrected chi connectivity index (χ4v) is 3.81. The number of carboxylic acids is 1. The van der Waals surface area contributed by atoms with Crippen LogP contribution < -0.4 is 0 Å². The Morgan fingerprint density at radius 3 is 2.76 bits per heavy atom. The van der Waals surface area contributed by atoms with Crippen LogP contribution in [-0.2, 0) is 4.79 Å². The van der Waals surface area contributed by atoms with Crippen LogP contribution >= 0.6 is 0 Å². The van der Waals surface area contributed by atoms with Gasteiger partial charge in [-0.3, -0.25) is 9.59 Å². The van der Waals surface area contributed by atoms with Crippen molar-refractivity contribution in [1.29, 1.82) is 0 Å². The number of carboxylic acid groups (broad SMARTS) is 1. The molecule has 3 atom stereocenters. The number of hydrogen-bond donors (Lipinski definition) is 1. The van der Waals surface area contributed by atoms with E-state index in [4.69, 9.17) is 9.52 Å². The first kappa shape index (κ1) is 12.9. The second-order valence-electron chi connectivity index (χ2n) is 6.42. The quantitative estimate of drug-likeness (QED) is 0.916. The predicted molar refractivity (Wildman–Crippen MR) is 71.7 cm³/mol. The Kier molecular flexibility index (Phi) is 2.80. The van der Waals surface area contributed by atoms with Crippen LogP contribution in [0.2, 0.25) is 0 Å². The van der Waals surface area contributed by atoms with Gasteiger partial charge in [-0.05, 0) is 31.1 Å². The van der Waals surface area contributed by atoms with Crippen molar-refractivity contribution in [3.8, 4) is 0 Å². The number of nitrogens with zero attached hydrogens (tertiary/aromatic N) is 2. The van der Waals surface area contributed by atoms with Gasteiger partial charge in [0.25, 0.3) is 5.91 Å². The number of aliphatic carboxylic acids is 1. The lowest BCUT2D eigenvalue weighted by molar-refractivity contribution is -0.139. The molecule has 1 N–H and O–H groups in total. The summed E-state index contributed by atoms with van der Waals surface area (Å²) in [4.78, 5) is 29.6. The van der Waals surface area contributed by atoms with Gasteiger partial charge in [0.15, 0.2) is 12.1 Å². The summed E-state index contributed by atoms with van der Waals surface area (Å²) < 4.78 is 5.42. The molecular formula is C15H18N2O4. The summed E-state index contributed by atoms with van der Waals surface area (Å²) in [5.74, 6) is 0.354. The van der Waals surface area contributed by atoms with Crippen molar-refractivity contribution in [2.24, 2.45) is 17.8 Å². The van der Waals surface area contributed by atoms with Crippen molar-refractivity contribution in [3.05, 3.63) is 17.8 Å². The van der Waals surface area contributed by atoms with E-state index in [1.807, 2.05) is 0 Å². The third-order valence-corrected chi connectivity index (χ3v) is 5.34. The van der Waals surface area contributed by atoms with Gasteiger partial charge in [0, 0.05) is 19.0 Å². The van der Waals surface area contributed by atoms with E-state index in [2.05, 4.69) is 4.98 Å². The SMILES string of the molecule is O=C(O)[C@@H]1[C@@H]2CCN(C(=O)c3ncoc3C3CCC3)C[C@@H]21. The molecule has 2 saturated carbocycles. The van der Waals surface area contributed by atoms with Crippen LogP contribution in [0, 0.1) is 17.8 Å². The second kappa shape index (κ2) is 4.58. The van der Waals surface area contributed by atoms with Crippen molar-refractivity contribution in [3.63, 3.8) is 0 Å². The number of oxazole rings is 1. The lowest BCUT2D eigenvalue weighted by atomic mass is 9.82. The lowest BCUT2D eigenvalue weighted by Crippen LogP contribution is -2.37. The van der Waals surface area contributed by atoms with Crippen LogP contribution in [0.4, 0.5) is 0 Å². The first-order valence-electron chi connectivity index (χ1n) is 7.62. The number of fused-ring (bicyclic) bond motifs is 1. The van der Waals surface area contributed by atoms with Gasteiger partial charge in [-0.15, -0.1) is 0 Å². The van der Waals surface area contributed by atoms with Crippen LogP contribution in [0.3, 0.4) is 0 Å². The van der Waals surface area contributed by atoms with Crippen molar-refractivity contribution in [2.45, 2.75) is 31.6 Å². The van der Waals surface area contributed by atoms with Crippen LogP contribution in [0.25, 0.3) is 0 Å². The predicted octanol–water partition coefficient (Wildman–Crippen LogP) is 1.73. The Hall–Kier alpha value is -1.85. The zero-order valence-electron chi connectivity index (χ0n) is 11.7.